The average molecular weight is 153 g/mol. The Morgan fingerprint density at radius 2 is 2.36 bits per heavy atom. The molecule has 0 aliphatic carbocycles. The number of hydrogen-bond donors (Lipinski definition) is 1. The quantitative estimate of drug-likeness (QED) is 0.703. The van der Waals surface area contributed by atoms with Gasteiger partial charge in [-0.05, 0) is 20.3 Å². The number of hydrogen-bond acceptors (Lipinski definition) is 2. The molecule has 0 aliphatic heterocycles. The molecular weight excluding hydrogens is 138 g/mol. The summed E-state index contributed by atoms with van der Waals surface area (Å²) in [6.45, 7) is 6.19. The molecule has 3 nitrogen and oxygen atoms in total. The SMILES string of the molecule is CC[C@H](C)n1cc(N)c(C)n1. The van der Waals surface area contributed by atoms with Crippen LogP contribution in [0.2, 0.25) is 0 Å². The molecule has 1 heterocycles. The molecule has 11 heavy (non-hydrogen) atoms. The number of nitrogens with two attached hydrogens (primary N) is 1. The lowest BCUT2D eigenvalue weighted by atomic mass is 10.3. The highest BCUT2D eigenvalue weighted by Crippen LogP contribution is 2.13. The Hall–Kier alpha value is -0.990. The molecule has 1 atom stereocenters. The number of anilines is 1. The van der Waals surface area contributed by atoms with E-state index in [2.05, 4.69) is 18.9 Å². The van der Waals surface area contributed by atoms with E-state index < -0.39 is 0 Å². The molecule has 1 aromatic rings. The van der Waals surface area contributed by atoms with Crippen molar-refractivity contribution in [1.82, 2.24) is 9.78 Å². The molecule has 0 unspecified atom stereocenters. The summed E-state index contributed by atoms with van der Waals surface area (Å²) in [6, 6.07) is 0.450. The number of rotatable bonds is 2. The zero-order valence-corrected chi connectivity index (χ0v) is 7.33. The van der Waals surface area contributed by atoms with Crippen LogP contribution in [-0.4, -0.2) is 9.78 Å². The summed E-state index contributed by atoms with van der Waals surface area (Å²) in [5, 5.41) is 4.27. The van der Waals surface area contributed by atoms with Gasteiger partial charge in [-0.25, -0.2) is 0 Å². The highest BCUT2D eigenvalue weighted by Gasteiger charge is 2.04. The van der Waals surface area contributed by atoms with Gasteiger partial charge in [0.2, 0.25) is 0 Å². The van der Waals surface area contributed by atoms with E-state index >= 15 is 0 Å². The molecule has 0 saturated carbocycles. The van der Waals surface area contributed by atoms with Crippen molar-refractivity contribution < 1.29 is 0 Å². The van der Waals surface area contributed by atoms with Gasteiger partial charge >= 0.3 is 0 Å². The first-order valence-electron chi connectivity index (χ1n) is 3.96. The summed E-state index contributed by atoms with van der Waals surface area (Å²) in [4.78, 5) is 0. The smallest absolute Gasteiger partial charge is 0.0823 e. The molecule has 0 bridgehead atoms. The zero-order chi connectivity index (χ0) is 8.43. The molecule has 0 aromatic carbocycles. The molecule has 1 rings (SSSR count). The van der Waals surface area contributed by atoms with E-state index in [-0.39, 0.29) is 0 Å². The molecule has 1 aromatic heterocycles. The minimum Gasteiger partial charge on any atom is -0.396 e. The van der Waals surface area contributed by atoms with Crippen LogP contribution in [0.25, 0.3) is 0 Å². The van der Waals surface area contributed by atoms with Crippen LogP contribution in [0.15, 0.2) is 6.20 Å². The van der Waals surface area contributed by atoms with E-state index in [1.807, 2.05) is 17.8 Å². The van der Waals surface area contributed by atoms with Crippen LogP contribution in [0.3, 0.4) is 0 Å². The largest absolute Gasteiger partial charge is 0.396 e. The van der Waals surface area contributed by atoms with Gasteiger partial charge in [-0.15, -0.1) is 0 Å². The Labute approximate surface area is 67.2 Å². The van der Waals surface area contributed by atoms with Crippen molar-refractivity contribution in [3.63, 3.8) is 0 Å². The molecule has 0 aliphatic rings. The second kappa shape index (κ2) is 2.95. The van der Waals surface area contributed by atoms with Gasteiger partial charge in [-0.1, -0.05) is 6.92 Å². The van der Waals surface area contributed by atoms with Gasteiger partial charge in [0.25, 0.3) is 0 Å². The van der Waals surface area contributed by atoms with E-state index in [0.717, 1.165) is 17.8 Å². The Balaban J connectivity index is 2.88. The lowest BCUT2D eigenvalue weighted by Crippen LogP contribution is -2.03. The summed E-state index contributed by atoms with van der Waals surface area (Å²) in [5.41, 5.74) is 7.35. The minimum absolute atomic E-state index is 0.450. The van der Waals surface area contributed by atoms with Gasteiger partial charge in [-0.3, -0.25) is 4.68 Å². The molecule has 62 valence electrons. The van der Waals surface area contributed by atoms with Crippen molar-refractivity contribution in [2.45, 2.75) is 33.2 Å². The van der Waals surface area contributed by atoms with Crippen LogP contribution < -0.4 is 5.73 Å². The molecule has 3 heteroatoms. The monoisotopic (exact) mass is 153 g/mol. The standard InChI is InChI=1S/C8H15N3/c1-4-6(2)11-5-8(9)7(3)10-11/h5-6H,4,9H2,1-3H3/t6-/m0/s1. The average Bonchev–Trinajstić information content (AvgIpc) is 2.31. The number of aromatic nitrogens is 2. The first-order valence-corrected chi connectivity index (χ1v) is 3.96. The Bertz CT molecular complexity index is 220. The van der Waals surface area contributed by atoms with Crippen molar-refractivity contribution in [3.8, 4) is 0 Å². The van der Waals surface area contributed by atoms with Gasteiger partial charge in [0.15, 0.2) is 0 Å². The minimum atomic E-state index is 0.450. The predicted molar refractivity (Wildman–Crippen MR) is 46.4 cm³/mol. The van der Waals surface area contributed by atoms with Crippen LogP contribution in [0, 0.1) is 6.92 Å². The first kappa shape index (κ1) is 8.11. The van der Waals surface area contributed by atoms with E-state index in [1.54, 1.807) is 0 Å². The van der Waals surface area contributed by atoms with Crippen molar-refractivity contribution >= 4 is 5.69 Å². The maximum atomic E-state index is 5.65. The van der Waals surface area contributed by atoms with Gasteiger partial charge in [-0.2, -0.15) is 5.10 Å². The van der Waals surface area contributed by atoms with E-state index in [9.17, 15) is 0 Å². The summed E-state index contributed by atoms with van der Waals surface area (Å²) >= 11 is 0. The van der Waals surface area contributed by atoms with Crippen LogP contribution in [0.5, 0.6) is 0 Å². The van der Waals surface area contributed by atoms with Crippen molar-refractivity contribution in [1.29, 1.82) is 0 Å². The van der Waals surface area contributed by atoms with Crippen molar-refractivity contribution in [2.75, 3.05) is 5.73 Å². The van der Waals surface area contributed by atoms with E-state index in [1.165, 1.54) is 0 Å². The molecule has 0 radical (unpaired) electrons. The normalized spacial score (nSPS) is 13.4. The fraction of sp³-hybridized carbons (Fsp3) is 0.625. The van der Waals surface area contributed by atoms with Gasteiger partial charge in [0.05, 0.1) is 11.4 Å². The fourth-order valence-corrected chi connectivity index (χ4v) is 0.909. The second-order valence-electron chi connectivity index (χ2n) is 2.91. The Morgan fingerprint density at radius 1 is 1.73 bits per heavy atom. The molecular formula is C8H15N3. The molecule has 0 amide bonds. The highest BCUT2D eigenvalue weighted by molar-refractivity contribution is 5.39. The maximum absolute atomic E-state index is 5.65. The topological polar surface area (TPSA) is 43.8 Å². The lowest BCUT2D eigenvalue weighted by Gasteiger charge is -2.07. The predicted octanol–water partition coefficient (Wildman–Crippen LogP) is 1.74. The molecule has 0 spiro atoms. The van der Waals surface area contributed by atoms with Crippen LogP contribution in [0.4, 0.5) is 5.69 Å². The van der Waals surface area contributed by atoms with Gasteiger partial charge < -0.3 is 5.73 Å². The summed E-state index contributed by atoms with van der Waals surface area (Å²) in [7, 11) is 0. The summed E-state index contributed by atoms with van der Waals surface area (Å²) in [5.74, 6) is 0. The van der Waals surface area contributed by atoms with Gasteiger partial charge in [0.1, 0.15) is 0 Å². The van der Waals surface area contributed by atoms with E-state index in [0.29, 0.717) is 6.04 Å². The fourth-order valence-electron chi connectivity index (χ4n) is 0.909. The second-order valence-corrected chi connectivity index (χ2v) is 2.91. The zero-order valence-electron chi connectivity index (χ0n) is 7.33. The number of nitrogens with zero attached hydrogens (tertiary/aromatic N) is 2. The van der Waals surface area contributed by atoms with Crippen molar-refractivity contribution in [2.24, 2.45) is 0 Å². The van der Waals surface area contributed by atoms with Gasteiger partial charge in [0, 0.05) is 12.2 Å². The Kier molecular flexibility index (Phi) is 2.17. The summed E-state index contributed by atoms with van der Waals surface area (Å²) in [6.07, 6.45) is 2.98. The molecule has 0 fully saturated rings. The summed E-state index contributed by atoms with van der Waals surface area (Å²) < 4.78 is 1.92. The third-order valence-electron chi connectivity index (χ3n) is 2.00. The lowest BCUT2D eigenvalue weighted by molar-refractivity contribution is 0.475. The van der Waals surface area contributed by atoms with E-state index in [4.69, 9.17) is 5.73 Å². The highest BCUT2D eigenvalue weighted by atomic mass is 15.3. The number of aryl methyl sites for hydroxylation is 1. The Morgan fingerprint density at radius 3 is 2.73 bits per heavy atom. The molecule has 0 saturated heterocycles. The molecule has 2 N–H and O–H groups in total. The van der Waals surface area contributed by atoms with Crippen LogP contribution in [0.1, 0.15) is 32.0 Å². The third kappa shape index (κ3) is 1.53. The van der Waals surface area contributed by atoms with Crippen molar-refractivity contribution in [3.05, 3.63) is 11.9 Å². The first-order chi connectivity index (χ1) is 5.15. The number of nitrogen functional groups attached to an aromatic ring is 1. The maximum Gasteiger partial charge on any atom is 0.0823 e. The van der Waals surface area contributed by atoms with Crippen LogP contribution in [-0.2, 0) is 0 Å². The van der Waals surface area contributed by atoms with Crippen LogP contribution >= 0.6 is 0 Å². The third-order valence-corrected chi connectivity index (χ3v) is 2.00.